The summed E-state index contributed by atoms with van der Waals surface area (Å²) in [6.45, 7) is 8.16. The molecule has 0 radical (unpaired) electrons. The molecule has 0 aliphatic rings. The average Bonchev–Trinajstić information content (AvgIpc) is 2.17. The lowest BCUT2D eigenvalue weighted by molar-refractivity contribution is 0.112. The molecule has 0 aliphatic carbocycles. The van der Waals surface area contributed by atoms with Crippen molar-refractivity contribution in [3.8, 4) is 0 Å². The fourth-order valence-corrected chi connectivity index (χ4v) is 1.60. The molecule has 1 heteroatoms. The molecule has 0 saturated carbocycles. The van der Waals surface area contributed by atoms with Crippen LogP contribution in [-0.2, 0) is 0 Å². The lowest BCUT2D eigenvalue weighted by Crippen LogP contribution is -2.01. The highest BCUT2D eigenvalue weighted by Crippen LogP contribution is 2.24. The van der Waals surface area contributed by atoms with Gasteiger partial charge in [0.15, 0.2) is 6.29 Å². The van der Waals surface area contributed by atoms with Crippen LogP contribution in [0.5, 0.6) is 0 Å². The van der Waals surface area contributed by atoms with Crippen molar-refractivity contribution in [1.29, 1.82) is 0 Å². The van der Waals surface area contributed by atoms with Gasteiger partial charge in [-0.1, -0.05) is 0 Å². The summed E-state index contributed by atoms with van der Waals surface area (Å²) in [6.07, 6.45) is 0.915. The van der Waals surface area contributed by atoms with Crippen molar-refractivity contribution < 1.29 is 6.17 Å². The molecular weight excluding hydrogens is 160 g/mol. The molecule has 1 aromatic rings. The molecule has 0 aromatic heterocycles. The standard InChI is InChI=1S/C12H16O/c1-7-8(2)10(4)12(6-13)11(5)9(7)3/h6H,1-5H3/i1D. The second kappa shape index (κ2) is 3.33. The SMILES string of the molecule is [2H]Cc1c(C)c(C)c(C=O)c(C)c1C. The van der Waals surface area contributed by atoms with Gasteiger partial charge in [0.25, 0.3) is 0 Å². The highest BCUT2D eigenvalue weighted by atomic mass is 16.1. The van der Waals surface area contributed by atoms with Crippen molar-refractivity contribution >= 4 is 6.29 Å². The second-order valence-corrected chi connectivity index (χ2v) is 3.51. The Morgan fingerprint density at radius 2 is 1.38 bits per heavy atom. The maximum atomic E-state index is 10.9. The largest absolute Gasteiger partial charge is 0.298 e. The van der Waals surface area contributed by atoms with Crippen molar-refractivity contribution in [2.24, 2.45) is 0 Å². The lowest BCUT2D eigenvalue weighted by atomic mass is 9.90. The molecule has 0 heterocycles. The summed E-state index contributed by atoms with van der Waals surface area (Å²) in [4.78, 5) is 10.9. The number of rotatable bonds is 1. The first-order chi connectivity index (χ1) is 6.54. The summed E-state index contributed by atoms with van der Waals surface area (Å²) in [5.41, 5.74) is 6.06. The molecule has 0 saturated heterocycles. The molecular formula is C12H16O. The monoisotopic (exact) mass is 177 g/mol. The van der Waals surface area contributed by atoms with Crippen LogP contribution in [0.2, 0.25) is 0 Å². The van der Waals surface area contributed by atoms with E-state index < -0.39 is 0 Å². The van der Waals surface area contributed by atoms with E-state index >= 15 is 0 Å². The van der Waals surface area contributed by atoms with Crippen molar-refractivity contribution in [2.75, 3.05) is 0 Å². The Balaban J connectivity index is 3.63. The number of carbonyl (C=O) groups excluding carboxylic acids is 1. The molecule has 0 unspecified atom stereocenters. The first-order valence-corrected chi connectivity index (χ1v) is 4.38. The van der Waals surface area contributed by atoms with Crippen LogP contribution in [0.1, 0.15) is 39.5 Å². The van der Waals surface area contributed by atoms with Crippen LogP contribution in [0, 0.1) is 34.6 Å². The summed E-state index contributed by atoms with van der Waals surface area (Å²) in [6, 6.07) is 0. The third-order valence-corrected chi connectivity index (χ3v) is 2.96. The molecule has 1 aromatic carbocycles. The van der Waals surface area contributed by atoms with E-state index in [4.69, 9.17) is 1.37 Å². The van der Waals surface area contributed by atoms with Gasteiger partial charge in [0.1, 0.15) is 0 Å². The van der Waals surface area contributed by atoms with Crippen LogP contribution in [0.15, 0.2) is 0 Å². The summed E-state index contributed by atoms with van der Waals surface area (Å²) >= 11 is 0. The van der Waals surface area contributed by atoms with Gasteiger partial charge in [-0.3, -0.25) is 4.79 Å². The Labute approximate surface area is 81.2 Å². The minimum atomic E-state index is 0.290. The van der Waals surface area contributed by atoms with Crippen LogP contribution < -0.4 is 0 Å². The predicted molar refractivity (Wildman–Crippen MR) is 55.5 cm³/mol. The highest BCUT2D eigenvalue weighted by molar-refractivity contribution is 5.81. The van der Waals surface area contributed by atoms with Crippen LogP contribution in [0.25, 0.3) is 0 Å². The van der Waals surface area contributed by atoms with E-state index in [2.05, 4.69) is 0 Å². The van der Waals surface area contributed by atoms with Crippen LogP contribution in [-0.4, -0.2) is 6.29 Å². The minimum Gasteiger partial charge on any atom is -0.298 e. The molecule has 1 nitrogen and oxygen atoms in total. The molecule has 0 atom stereocenters. The quantitative estimate of drug-likeness (QED) is 0.602. The Morgan fingerprint density at radius 1 is 0.923 bits per heavy atom. The number of hydrogen-bond acceptors (Lipinski definition) is 1. The molecule has 0 amide bonds. The van der Waals surface area contributed by atoms with Crippen molar-refractivity contribution in [2.45, 2.75) is 34.6 Å². The van der Waals surface area contributed by atoms with Gasteiger partial charge in [-0.15, -0.1) is 0 Å². The Hall–Kier alpha value is -1.11. The van der Waals surface area contributed by atoms with Gasteiger partial charge in [0.05, 0.1) is 0 Å². The van der Waals surface area contributed by atoms with E-state index in [1.807, 2.05) is 27.7 Å². The van der Waals surface area contributed by atoms with Gasteiger partial charge in [-0.2, -0.15) is 0 Å². The fraction of sp³-hybridized carbons (Fsp3) is 0.417. The number of carbonyl (C=O) groups is 1. The predicted octanol–water partition coefficient (Wildman–Crippen LogP) is 3.04. The van der Waals surface area contributed by atoms with E-state index in [0.29, 0.717) is 6.90 Å². The molecule has 0 fully saturated rings. The number of aldehydes is 1. The number of hydrogen-bond donors (Lipinski definition) is 0. The van der Waals surface area contributed by atoms with E-state index in [1.54, 1.807) is 0 Å². The number of benzene rings is 1. The average molecular weight is 177 g/mol. The van der Waals surface area contributed by atoms with Crippen LogP contribution >= 0.6 is 0 Å². The van der Waals surface area contributed by atoms with Gasteiger partial charge in [-0.05, 0) is 62.4 Å². The van der Waals surface area contributed by atoms with E-state index in [9.17, 15) is 4.79 Å². The molecule has 0 bridgehead atoms. The summed E-state index contributed by atoms with van der Waals surface area (Å²) in [7, 11) is 0. The third kappa shape index (κ3) is 1.39. The molecule has 70 valence electrons. The van der Waals surface area contributed by atoms with Gasteiger partial charge >= 0.3 is 0 Å². The zero-order valence-electron chi connectivity index (χ0n) is 9.69. The van der Waals surface area contributed by atoms with Crippen LogP contribution in [0.3, 0.4) is 0 Å². The molecule has 13 heavy (non-hydrogen) atoms. The zero-order chi connectivity index (χ0) is 10.9. The maximum absolute atomic E-state index is 10.9. The first-order valence-electron chi connectivity index (χ1n) is 5.09. The van der Waals surface area contributed by atoms with E-state index in [0.717, 1.165) is 39.7 Å². The van der Waals surface area contributed by atoms with Gasteiger partial charge in [0.2, 0.25) is 0 Å². The fourth-order valence-electron chi connectivity index (χ4n) is 1.60. The maximum Gasteiger partial charge on any atom is 0.150 e. The summed E-state index contributed by atoms with van der Waals surface area (Å²) < 4.78 is 7.46. The van der Waals surface area contributed by atoms with E-state index in [-0.39, 0.29) is 0 Å². The normalized spacial score (nSPS) is 11.2. The Bertz CT molecular complexity index is 351. The molecule has 1 rings (SSSR count). The van der Waals surface area contributed by atoms with Crippen molar-refractivity contribution in [3.63, 3.8) is 0 Å². The Morgan fingerprint density at radius 3 is 1.69 bits per heavy atom. The Kier molecular flexibility index (Phi) is 2.17. The highest BCUT2D eigenvalue weighted by Gasteiger charge is 2.10. The van der Waals surface area contributed by atoms with Gasteiger partial charge < -0.3 is 0 Å². The van der Waals surface area contributed by atoms with E-state index in [1.165, 1.54) is 0 Å². The molecule has 0 N–H and O–H groups in total. The lowest BCUT2D eigenvalue weighted by Gasteiger charge is -2.14. The smallest absolute Gasteiger partial charge is 0.150 e. The van der Waals surface area contributed by atoms with Gasteiger partial charge in [-0.25, -0.2) is 0 Å². The second-order valence-electron chi connectivity index (χ2n) is 3.51. The molecule has 0 spiro atoms. The van der Waals surface area contributed by atoms with Gasteiger partial charge in [0, 0.05) is 6.93 Å². The first kappa shape index (κ1) is 8.49. The van der Waals surface area contributed by atoms with Crippen molar-refractivity contribution in [1.82, 2.24) is 0 Å². The third-order valence-electron chi connectivity index (χ3n) is 2.96. The van der Waals surface area contributed by atoms with Crippen molar-refractivity contribution in [3.05, 3.63) is 33.4 Å². The zero-order valence-corrected chi connectivity index (χ0v) is 8.69. The summed E-state index contributed by atoms with van der Waals surface area (Å²) in [5.74, 6) is 0. The minimum absolute atomic E-state index is 0.290. The topological polar surface area (TPSA) is 17.1 Å². The molecule has 0 aliphatic heterocycles. The summed E-state index contributed by atoms with van der Waals surface area (Å²) in [5, 5.41) is 0. The van der Waals surface area contributed by atoms with Crippen LogP contribution in [0.4, 0.5) is 0 Å².